The van der Waals surface area contributed by atoms with Crippen molar-refractivity contribution in [3.63, 3.8) is 0 Å². The zero-order valence-electron chi connectivity index (χ0n) is 17.3. The van der Waals surface area contributed by atoms with Gasteiger partial charge in [-0.25, -0.2) is 0 Å². The fraction of sp³-hybridized carbons (Fsp3) is 0.632. The van der Waals surface area contributed by atoms with Gasteiger partial charge in [0.05, 0.1) is 20.3 Å². The maximum atomic E-state index is 12.7. The molecule has 0 saturated carbocycles. The first-order valence-electron chi connectivity index (χ1n) is 9.25. The second-order valence-corrected chi connectivity index (χ2v) is 7.04. The lowest BCUT2D eigenvalue weighted by Gasteiger charge is -2.41. The van der Waals surface area contributed by atoms with E-state index >= 15 is 0 Å². The summed E-state index contributed by atoms with van der Waals surface area (Å²) < 4.78 is 40.5. The monoisotopic (exact) mass is 528 g/mol. The van der Waals surface area contributed by atoms with Crippen molar-refractivity contribution in [1.82, 2.24) is 15.5 Å². The van der Waals surface area contributed by atoms with Crippen molar-refractivity contribution >= 4 is 29.9 Å². The van der Waals surface area contributed by atoms with Crippen molar-refractivity contribution in [3.05, 3.63) is 23.8 Å². The van der Waals surface area contributed by atoms with Crippen LogP contribution < -0.4 is 20.1 Å². The van der Waals surface area contributed by atoms with E-state index in [-0.39, 0.29) is 41.8 Å². The molecular weight excluding hydrogens is 497 g/mol. The fourth-order valence-electron chi connectivity index (χ4n) is 2.99. The Kier molecular flexibility index (Phi) is 10.9. The quantitative estimate of drug-likeness (QED) is 0.308. The Balaban J connectivity index is 0.00000420. The Bertz CT molecular complexity index is 656. The van der Waals surface area contributed by atoms with Crippen LogP contribution in [0.1, 0.15) is 19.4 Å². The Morgan fingerprint density at radius 2 is 1.97 bits per heavy atom. The Morgan fingerprint density at radius 3 is 2.55 bits per heavy atom. The molecule has 0 spiro atoms. The van der Waals surface area contributed by atoms with Crippen molar-refractivity contribution in [3.8, 4) is 11.5 Å². The molecule has 1 saturated heterocycles. The smallest absolute Gasteiger partial charge is 0.387 e. The summed E-state index contributed by atoms with van der Waals surface area (Å²) >= 11 is 0. The molecule has 29 heavy (non-hydrogen) atoms. The summed E-state index contributed by atoms with van der Waals surface area (Å²) in [6.07, 6.45) is 0. The van der Waals surface area contributed by atoms with E-state index in [1.807, 2.05) is 0 Å². The number of aliphatic imine (C=N–C) groups is 1. The summed E-state index contributed by atoms with van der Waals surface area (Å²) in [4.78, 5) is 6.58. The number of alkyl halides is 2. The summed E-state index contributed by atoms with van der Waals surface area (Å²) in [7, 11) is 3.14. The van der Waals surface area contributed by atoms with Crippen LogP contribution in [0.3, 0.4) is 0 Å². The lowest BCUT2D eigenvalue weighted by Crippen LogP contribution is -2.56. The molecule has 0 unspecified atom stereocenters. The van der Waals surface area contributed by atoms with Gasteiger partial charge in [-0.1, -0.05) is 0 Å². The number of nitrogens with zero attached hydrogens (tertiary/aromatic N) is 2. The van der Waals surface area contributed by atoms with Gasteiger partial charge in [0.1, 0.15) is 11.5 Å². The van der Waals surface area contributed by atoms with Crippen LogP contribution in [-0.4, -0.2) is 70.0 Å². The normalized spacial score (nSPS) is 15.6. The number of rotatable bonds is 8. The Labute approximate surface area is 188 Å². The van der Waals surface area contributed by atoms with E-state index in [1.165, 1.54) is 13.2 Å². The fourth-order valence-corrected chi connectivity index (χ4v) is 2.99. The van der Waals surface area contributed by atoms with Crippen LogP contribution in [0, 0.1) is 0 Å². The first-order chi connectivity index (χ1) is 13.4. The summed E-state index contributed by atoms with van der Waals surface area (Å²) in [5, 5.41) is 6.45. The van der Waals surface area contributed by atoms with E-state index < -0.39 is 6.61 Å². The zero-order chi connectivity index (χ0) is 20.6. The third-order valence-corrected chi connectivity index (χ3v) is 4.72. The van der Waals surface area contributed by atoms with Crippen LogP contribution in [-0.2, 0) is 11.3 Å². The van der Waals surface area contributed by atoms with Crippen molar-refractivity contribution in [2.75, 3.05) is 47.0 Å². The highest BCUT2D eigenvalue weighted by Crippen LogP contribution is 2.26. The van der Waals surface area contributed by atoms with Crippen LogP contribution in [0.5, 0.6) is 11.5 Å². The van der Waals surface area contributed by atoms with Gasteiger partial charge in [-0.2, -0.15) is 8.78 Å². The van der Waals surface area contributed by atoms with Gasteiger partial charge in [0.15, 0.2) is 5.96 Å². The summed E-state index contributed by atoms with van der Waals surface area (Å²) in [6, 6.07) is 4.84. The summed E-state index contributed by atoms with van der Waals surface area (Å²) in [6.45, 7) is 5.63. The van der Waals surface area contributed by atoms with E-state index in [0.29, 0.717) is 23.8 Å². The number of benzene rings is 1. The highest BCUT2D eigenvalue weighted by atomic mass is 127. The number of hydrogen-bond donors (Lipinski definition) is 2. The van der Waals surface area contributed by atoms with Gasteiger partial charge in [-0.05, 0) is 26.0 Å². The molecule has 1 aliphatic heterocycles. The average molecular weight is 528 g/mol. The van der Waals surface area contributed by atoms with Gasteiger partial charge in [-0.15, -0.1) is 24.0 Å². The van der Waals surface area contributed by atoms with Crippen molar-refractivity contribution in [2.45, 2.75) is 32.5 Å². The second-order valence-electron chi connectivity index (χ2n) is 7.04. The predicted octanol–water partition coefficient (Wildman–Crippen LogP) is 2.69. The lowest BCUT2D eigenvalue weighted by molar-refractivity contribution is -0.0505. The number of guanidine groups is 1. The molecule has 1 aromatic carbocycles. The first-order valence-corrected chi connectivity index (χ1v) is 9.25. The number of ether oxygens (including phenoxy) is 3. The topological polar surface area (TPSA) is 67.4 Å². The maximum Gasteiger partial charge on any atom is 0.387 e. The number of morpholine rings is 1. The minimum Gasteiger partial charge on any atom is -0.497 e. The molecule has 7 nitrogen and oxygen atoms in total. The second kappa shape index (κ2) is 12.3. The van der Waals surface area contributed by atoms with E-state index in [1.54, 1.807) is 19.2 Å². The first kappa shape index (κ1) is 25.6. The molecule has 1 aliphatic rings. The molecule has 0 bridgehead atoms. The van der Waals surface area contributed by atoms with Gasteiger partial charge < -0.3 is 24.8 Å². The molecular formula is C19H31F2IN4O3. The molecule has 0 aromatic heterocycles. The molecule has 166 valence electrons. The van der Waals surface area contributed by atoms with E-state index in [9.17, 15) is 8.78 Å². The Morgan fingerprint density at radius 1 is 1.28 bits per heavy atom. The molecule has 1 fully saturated rings. The zero-order valence-corrected chi connectivity index (χ0v) is 19.7. The predicted molar refractivity (Wildman–Crippen MR) is 120 cm³/mol. The number of nitrogens with one attached hydrogen (secondary N) is 2. The van der Waals surface area contributed by atoms with Crippen LogP contribution in [0.2, 0.25) is 0 Å². The summed E-state index contributed by atoms with van der Waals surface area (Å²) in [5.74, 6) is 1.11. The van der Waals surface area contributed by atoms with Gasteiger partial charge in [0.25, 0.3) is 0 Å². The van der Waals surface area contributed by atoms with Crippen LogP contribution in [0.25, 0.3) is 0 Å². The molecule has 10 heteroatoms. The third-order valence-electron chi connectivity index (χ3n) is 4.72. The molecule has 0 amide bonds. The van der Waals surface area contributed by atoms with Crippen molar-refractivity contribution in [2.24, 2.45) is 4.99 Å². The minimum atomic E-state index is -2.90. The van der Waals surface area contributed by atoms with Crippen LogP contribution in [0.15, 0.2) is 23.2 Å². The molecule has 2 N–H and O–H groups in total. The maximum absolute atomic E-state index is 12.7. The minimum absolute atomic E-state index is 0. The van der Waals surface area contributed by atoms with Gasteiger partial charge in [0.2, 0.25) is 0 Å². The number of halogens is 3. The molecule has 0 atom stereocenters. The van der Waals surface area contributed by atoms with E-state index in [2.05, 4.69) is 39.1 Å². The molecule has 0 radical (unpaired) electrons. The molecule has 1 heterocycles. The summed E-state index contributed by atoms with van der Waals surface area (Å²) in [5.41, 5.74) is 0.502. The molecule has 2 rings (SSSR count). The largest absolute Gasteiger partial charge is 0.497 e. The van der Waals surface area contributed by atoms with E-state index in [4.69, 9.17) is 9.47 Å². The van der Waals surface area contributed by atoms with Gasteiger partial charge in [0, 0.05) is 50.4 Å². The molecule has 0 aliphatic carbocycles. The highest BCUT2D eigenvalue weighted by Gasteiger charge is 2.28. The Hall–Kier alpha value is -1.40. The van der Waals surface area contributed by atoms with Crippen LogP contribution in [0.4, 0.5) is 8.78 Å². The van der Waals surface area contributed by atoms with E-state index in [0.717, 1.165) is 26.3 Å². The lowest BCUT2D eigenvalue weighted by atomic mass is 10.0. The van der Waals surface area contributed by atoms with Crippen LogP contribution >= 0.6 is 24.0 Å². The average Bonchev–Trinajstić information content (AvgIpc) is 2.69. The van der Waals surface area contributed by atoms with Crippen molar-refractivity contribution < 1.29 is 23.0 Å². The standard InChI is InChI=1S/C19H30F2N4O3.HI/c1-19(2,25-7-9-27-10-8-25)13-24-18(22-3)23-12-14-5-6-15(26-4)11-16(14)28-17(20)21;/h5-6,11,17H,7-10,12-13H2,1-4H3,(H2,22,23,24);1H. The third kappa shape index (κ3) is 8.09. The number of hydrogen-bond acceptors (Lipinski definition) is 5. The van der Waals surface area contributed by atoms with Crippen molar-refractivity contribution in [1.29, 1.82) is 0 Å². The van der Waals surface area contributed by atoms with Gasteiger partial charge >= 0.3 is 6.61 Å². The SMILES string of the molecule is CN=C(NCc1ccc(OC)cc1OC(F)F)NCC(C)(C)N1CCOCC1.I. The number of methoxy groups -OCH3 is 1. The van der Waals surface area contributed by atoms with Gasteiger partial charge in [-0.3, -0.25) is 9.89 Å². The molecule has 1 aromatic rings. The highest BCUT2D eigenvalue weighted by molar-refractivity contribution is 14.0.